The Kier molecular flexibility index (Phi) is 4.05. The molecule has 1 N–H and O–H groups in total. The van der Waals surface area contributed by atoms with Gasteiger partial charge >= 0.3 is 5.69 Å². The van der Waals surface area contributed by atoms with Crippen molar-refractivity contribution in [3.05, 3.63) is 31.7 Å². The van der Waals surface area contributed by atoms with Crippen LogP contribution < -0.4 is 5.69 Å². The molecule has 0 atom stereocenters. The maximum atomic E-state index is 11.4. The Balaban J connectivity index is 2.34. The van der Waals surface area contributed by atoms with Crippen molar-refractivity contribution in [3.63, 3.8) is 0 Å². The van der Waals surface area contributed by atoms with Crippen LogP contribution in [-0.4, -0.2) is 19.7 Å². The highest BCUT2D eigenvalue weighted by atomic mass is 79.9. The second-order valence-electron chi connectivity index (χ2n) is 3.10. The average molecular weight is 380 g/mol. The normalized spacial score (nSPS) is 10.8. The fourth-order valence-corrected chi connectivity index (χ4v) is 3.30. The Hall–Kier alpha value is -0.600. The van der Waals surface area contributed by atoms with Crippen LogP contribution in [0.15, 0.2) is 36.2 Å². The molecular weight excluding hydrogens is 372 g/mol. The summed E-state index contributed by atoms with van der Waals surface area (Å²) in [7, 11) is 0. The zero-order chi connectivity index (χ0) is 12.4. The van der Waals surface area contributed by atoms with Gasteiger partial charge in [0.15, 0.2) is 5.16 Å². The van der Waals surface area contributed by atoms with E-state index < -0.39 is 0 Å². The molecule has 2 rings (SSSR count). The van der Waals surface area contributed by atoms with E-state index >= 15 is 0 Å². The lowest BCUT2D eigenvalue weighted by molar-refractivity contribution is 0.660. The number of rotatable bonds is 3. The molecule has 2 aromatic heterocycles. The zero-order valence-corrected chi connectivity index (χ0v) is 12.8. The predicted octanol–water partition coefficient (Wildman–Crippen LogP) is 2.66. The molecule has 0 saturated heterocycles. The smallest absolute Gasteiger partial charge is 0.270 e. The van der Waals surface area contributed by atoms with Crippen LogP contribution in [0.3, 0.4) is 0 Å². The SMILES string of the molecule is CCn1c(Sc2ncc(Br)cc2Br)n[nH]c1=O. The van der Waals surface area contributed by atoms with Crippen molar-refractivity contribution >= 4 is 43.6 Å². The van der Waals surface area contributed by atoms with Crippen LogP contribution in [0.1, 0.15) is 6.92 Å². The summed E-state index contributed by atoms with van der Waals surface area (Å²) in [6.45, 7) is 2.47. The molecule has 90 valence electrons. The molecule has 5 nitrogen and oxygen atoms in total. The van der Waals surface area contributed by atoms with Crippen molar-refractivity contribution in [2.45, 2.75) is 23.7 Å². The van der Waals surface area contributed by atoms with Crippen molar-refractivity contribution in [2.24, 2.45) is 0 Å². The molecule has 0 radical (unpaired) electrons. The van der Waals surface area contributed by atoms with Crippen molar-refractivity contribution in [1.82, 2.24) is 19.7 Å². The Labute approximate surface area is 118 Å². The fraction of sp³-hybridized carbons (Fsp3) is 0.222. The molecule has 0 bridgehead atoms. The number of aromatic amines is 1. The number of aromatic nitrogens is 4. The summed E-state index contributed by atoms with van der Waals surface area (Å²) in [5, 5.41) is 7.76. The van der Waals surface area contributed by atoms with Gasteiger partial charge in [0.25, 0.3) is 0 Å². The first-order valence-corrected chi connectivity index (χ1v) is 7.16. The van der Waals surface area contributed by atoms with Crippen LogP contribution >= 0.6 is 43.6 Å². The van der Waals surface area contributed by atoms with Crippen molar-refractivity contribution in [2.75, 3.05) is 0 Å². The lowest BCUT2D eigenvalue weighted by atomic mass is 10.5. The van der Waals surface area contributed by atoms with Crippen molar-refractivity contribution in [3.8, 4) is 0 Å². The number of nitrogens with one attached hydrogen (secondary N) is 1. The molecule has 0 saturated carbocycles. The molecule has 0 aliphatic heterocycles. The number of hydrogen-bond acceptors (Lipinski definition) is 4. The molecule has 0 aliphatic carbocycles. The number of pyridine rings is 1. The quantitative estimate of drug-likeness (QED) is 0.890. The predicted molar refractivity (Wildman–Crippen MR) is 72.3 cm³/mol. The zero-order valence-electron chi connectivity index (χ0n) is 8.78. The monoisotopic (exact) mass is 378 g/mol. The maximum Gasteiger partial charge on any atom is 0.343 e. The molecule has 0 spiro atoms. The van der Waals surface area contributed by atoms with Crippen molar-refractivity contribution < 1.29 is 0 Å². The van der Waals surface area contributed by atoms with E-state index in [-0.39, 0.29) is 5.69 Å². The number of H-pyrrole nitrogens is 1. The van der Waals surface area contributed by atoms with E-state index in [1.54, 1.807) is 10.8 Å². The van der Waals surface area contributed by atoms with Gasteiger partial charge in [0, 0.05) is 17.2 Å². The first-order valence-electron chi connectivity index (χ1n) is 4.76. The van der Waals surface area contributed by atoms with Gasteiger partial charge in [-0.05, 0) is 56.6 Å². The first kappa shape index (κ1) is 12.8. The molecule has 17 heavy (non-hydrogen) atoms. The van der Waals surface area contributed by atoms with E-state index in [0.29, 0.717) is 11.7 Å². The highest BCUT2D eigenvalue weighted by Crippen LogP contribution is 2.31. The Morgan fingerprint density at radius 2 is 2.29 bits per heavy atom. The average Bonchev–Trinajstić information content (AvgIpc) is 2.63. The molecule has 0 unspecified atom stereocenters. The standard InChI is InChI=1S/C9H8Br2N4OS/c1-2-15-8(16)13-14-9(15)17-7-6(11)3-5(10)4-12-7/h3-4H,2H2,1H3,(H,13,16). The van der Waals surface area contributed by atoms with E-state index in [0.717, 1.165) is 14.0 Å². The van der Waals surface area contributed by atoms with Crippen LogP contribution in [0, 0.1) is 0 Å². The summed E-state index contributed by atoms with van der Waals surface area (Å²) in [6, 6.07) is 1.90. The van der Waals surface area contributed by atoms with Gasteiger partial charge in [0.2, 0.25) is 0 Å². The van der Waals surface area contributed by atoms with Crippen molar-refractivity contribution in [1.29, 1.82) is 0 Å². The summed E-state index contributed by atoms with van der Waals surface area (Å²) < 4.78 is 3.31. The van der Waals surface area contributed by atoms with Gasteiger partial charge in [-0.1, -0.05) is 0 Å². The van der Waals surface area contributed by atoms with E-state index in [1.165, 1.54) is 11.8 Å². The van der Waals surface area contributed by atoms with Crippen LogP contribution in [0.25, 0.3) is 0 Å². The van der Waals surface area contributed by atoms with Crippen LogP contribution in [0.5, 0.6) is 0 Å². The lowest BCUT2D eigenvalue weighted by Gasteiger charge is -2.03. The lowest BCUT2D eigenvalue weighted by Crippen LogP contribution is -2.16. The second-order valence-corrected chi connectivity index (χ2v) is 5.82. The van der Waals surface area contributed by atoms with Crippen LogP contribution in [0.2, 0.25) is 0 Å². The third kappa shape index (κ3) is 2.80. The first-order chi connectivity index (χ1) is 8.11. The molecule has 0 amide bonds. The number of hydrogen-bond donors (Lipinski definition) is 1. The Morgan fingerprint density at radius 1 is 1.53 bits per heavy atom. The molecule has 0 fully saturated rings. The summed E-state index contributed by atoms with van der Waals surface area (Å²) in [5.74, 6) is 0. The molecule has 0 aromatic carbocycles. The summed E-state index contributed by atoms with van der Waals surface area (Å²) in [5.41, 5.74) is -0.205. The van der Waals surface area contributed by atoms with Gasteiger partial charge in [0.1, 0.15) is 5.03 Å². The van der Waals surface area contributed by atoms with E-state index in [1.807, 2.05) is 13.0 Å². The van der Waals surface area contributed by atoms with E-state index in [4.69, 9.17) is 0 Å². The minimum Gasteiger partial charge on any atom is -0.270 e. The third-order valence-electron chi connectivity index (χ3n) is 2.00. The summed E-state index contributed by atoms with van der Waals surface area (Å²) >= 11 is 8.09. The highest BCUT2D eigenvalue weighted by Gasteiger charge is 2.11. The van der Waals surface area contributed by atoms with Gasteiger partial charge in [0.05, 0.1) is 4.47 Å². The highest BCUT2D eigenvalue weighted by molar-refractivity contribution is 9.11. The third-order valence-corrected chi connectivity index (χ3v) is 4.32. The fourth-order valence-electron chi connectivity index (χ4n) is 1.22. The van der Waals surface area contributed by atoms with Gasteiger partial charge < -0.3 is 0 Å². The molecule has 2 heterocycles. The number of halogens is 2. The Morgan fingerprint density at radius 3 is 2.94 bits per heavy atom. The van der Waals surface area contributed by atoms with Gasteiger partial charge in [-0.2, -0.15) is 0 Å². The molecule has 8 heteroatoms. The van der Waals surface area contributed by atoms with Crippen LogP contribution in [-0.2, 0) is 6.54 Å². The van der Waals surface area contributed by atoms with E-state index in [9.17, 15) is 4.79 Å². The van der Waals surface area contributed by atoms with Gasteiger partial charge in [-0.15, -0.1) is 5.10 Å². The summed E-state index contributed by atoms with van der Waals surface area (Å²) in [6.07, 6.45) is 1.70. The maximum absolute atomic E-state index is 11.4. The second kappa shape index (κ2) is 5.36. The minimum absolute atomic E-state index is 0.205. The van der Waals surface area contributed by atoms with E-state index in [2.05, 4.69) is 47.0 Å². The molecular formula is C9H8Br2N4OS. The Bertz CT molecular complexity index is 595. The molecule has 2 aromatic rings. The number of nitrogens with zero attached hydrogens (tertiary/aromatic N) is 3. The van der Waals surface area contributed by atoms with Gasteiger partial charge in [-0.25, -0.2) is 14.9 Å². The topological polar surface area (TPSA) is 63.6 Å². The van der Waals surface area contributed by atoms with Crippen LogP contribution in [0.4, 0.5) is 0 Å². The minimum atomic E-state index is -0.205. The van der Waals surface area contributed by atoms with Gasteiger partial charge in [-0.3, -0.25) is 4.57 Å². The summed E-state index contributed by atoms with van der Waals surface area (Å²) in [4.78, 5) is 15.6. The largest absolute Gasteiger partial charge is 0.343 e. The molecule has 0 aliphatic rings.